The van der Waals surface area contributed by atoms with E-state index in [0.717, 1.165) is 11.1 Å². The van der Waals surface area contributed by atoms with Gasteiger partial charge in [-0.05, 0) is 23.6 Å². The van der Waals surface area contributed by atoms with Gasteiger partial charge in [0.15, 0.2) is 0 Å². The van der Waals surface area contributed by atoms with Crippen LogP contribution in [0.4, 0.5) is 0 Å². The van der Waals surface area contributed by atoms with E-state index in [1.807, 2.05) is 54.6 Å². The Morgan fingerprint density at radius 2 is 1.62 bits per heavy atom. The van der Waals surface area contributed by atoms with Gasteiger partial charge in [0, 0.05) is 6.42 Å². The number of carbonyl (C=O) groups is 2. The highest BCUT2D eigenvalue weighted by molar-refractivity contribution is 6.32. The average Bonchev–Trinajstić information content (AvgIpc) is 2.52. The molecular weight excluding hydrogens is 268 g/mol. The van der Waals surface area contributed by atoms with Crippen molar-refractivity contribution in [2.24, 2.45) is 0 Å². The Balaban J connectivity index is 2.00. The number of carboxylic acids is 1. The van der Waals surface area contributed by atoms with Crippen molar-refractivity contribution in [1.82, 2.24) is 0 Å². The van der Waals surface area contributed by atoms with Gasteiger partial charge in [-0.3, -0.25) is 4.79 Å². The number of hydrogen-bond acceptors (Lipinski definition) is 3. The van der Waals surface area contributed by atoms with E-state index >= 15 is 0 Å². The number of para-hydroxylation sites is 1. The van der Waals surface area contributed by atoms with Crippen molar-refractivity contribution >= 4 is 11.8 Å². The number of benzene rings is 2. The smallest absolute Gasteiger partial charge is 0.372 e. The molecule has 0 bridgehead atoms. The summed E-state index contributed by atoms with van der Waals surface area (Å²) in [5.74, 6) is -1.50. The largest absolute Gasteiger partial charge is 0.489 e. The van der Waals surface area contributed by atoms with Crippen LogP contribution in [0.2, 0.25) is 0 Å². The number of hydrogen-bond donors (Lipinski definition) is 1. The second-order valence-corrected chi connectivity index (χ2v) is 4.61. The van der Waals surface area contributed by atoms with Gasteiger partial charge in [0.2, 0.25) is 5.78 Å². The molecule has 4 nitrogen and oxygen atoms in total. The summed E-state index contributed by atoms with van der Waals surface area (Å²) in [6.45, 7) is 0.435. The topological polar surface area (TPSA) is 63.6 Å². The Labute approximate surface area is 123 Å². The van der Waals surface area contributed by atoms with Crippen LogP contribution in [0.15, 0.2) is 54.6 Å². The van der Waals surface area contributed by atoms with Crippen molar-refractivity contribution < 1.29 is 19.4 Å². The zero-order valence-electron chi connectivity index (χ0n) is 11.5. The monoisotopic (exact) mass is 284 g/mol. The zero-order valence-corrected chi connectivity index (χ0v) is 11.5. The van der Waals surface area contributed by atoms with Crippen molar-refractivity contribution in [2.45, 2.75) is 19.4 Å². The van der Waals surface area contributed by atoms with Crippen molar-refractivity contribution in [2.75, 3.05) is 0 Å². The van der Waals surface area contributed by atoms with Crippen molar-refractivity contribution in [3.8, 4) is 5.75 Å². The van der Waals surface area contributed by atoms with E-state index in [1.165, 1.54) is 0 Å². The molecule has 0 aliphatic carbocycles. The first kappa shape index (κ1) is 14.8. The molecule has 0 saturated heterocycles. The molecule has 4 heteroatoms. The first-order valence-electron chi connectivity index (χ1n) is 6.67. The van der Waals surface area contributed by atoms with Gasteiger partial charge in [-0.2, -0.15) is 0 Å². The van der Waals surface area contributed by atoms with Crippen LogP contribution >= 0.6 is 0 Å². The second kappa shape index (κ2) is 7.24. The lowest BCUT2D eigenvalue weighted by atomic mass is 10.1. The molecule has 0 heterocycles. The number of Topliss-reactive ketones (excluding diaryl/α,β-unsaturated/α-hetero) is 1. The molecule has 2 aromatic rings. The summed E-state index contributed by atoms with van der Waals surface area (Å²) in [4.78, 5) is 21.7. The lowest BCUT2D eigenvalue weighted by Gasteiger charge is -2.11. The van der Waals surface area contributed by atoms with Crippen molar-refractivity contribution in [3.63, 3.8) is 0 Å². The van der Waals surface area contributed by atoms with E-state index in [2.05, 4.69) is 0 Å². The fourth-order valence-electron chi connectivity index (χ4n) is 1.94. The maximum Gasteiger partial charge on any atom is 0.372 e. The molecule has 0 spiro atoms. The Morgan fingerprint density at radius 3 is 2.33 bits per heavy atom. The van der Waals surface area contributed by atoms with E-state index in [0.29, 0.717) is 18.8 Å². The molecule has 108 valence electrons. The first-order valence-corrected chi connectivity index (χ1v) is 6.67. The standard InChI is InChI=1S/C17H16O4/c18-15(17(19)20)11-10-14-8-4-5-9-16(14)21-12-13-6-2-1-3-7-13/h1-9H,10-12H2,(H,19,20). The molecule has 0 aliphatic rings. The summed E-state index contributed by atoms with van der Waals surface area (Å²) in [5.41, 5.74) is 1.89. The average molecular weight is 284 g/mol. The summed E-state index contributed by atoms with van der Waals surface area (Å²) < 4.78 is 5.76. The van der Waals surface area contributed by atoms with Crippen LogP contribution in [-0.4, -0.2) is 16.9 Å². The number of ether oxygens (including phenoxy) is 1. The molecule has 21 heavy (non-hydrogen) atoms. The Morgan fingerprint density at radius 1 is 0.952 bits per heavy atom. The number of carboxylic acid groups (broad SMARTS) is 1. The molecule has 2 aromatic carbocycles. The number of ketones is 1. The highest BCUT2D eigenvalue weighted by Gasteiger charge is 2.12. The molecule has 2 rings (SSSR count). The van der Waals surface area contributed by atoms with E-state index in [4.69, 9.17) is 9.84 Å². The molecule has 0 fully saturated rings. The third-order valence-corrected chi connectivity index (χ3v) is 3.07. The molecule has 0 unspecified atom stereocenters. The van der Waals surface area contributed by atoms with Gasteiger partial charge in [-0.25, -0.2) is 4.79 Å². The molecule has 0 radical (unpaired) electrons. The highest BCUT2D eigenvalue weighted by atomic mass is 16.5. The quantitative estimate of drug-likeness (QED) is 0.794. The summed E-state index contributed by atoms with van der Waals surface area (Å²) in [6, 6.07) is 17.1. The van der Waals surface area contributed by atoms with E-state index in [-0.39, 0.29) is 6.42 Å². The second-order valence-electron chi connectivity index (χ2n) is 4.61. The van der Waals surface area contributed by atoms with E-state index in [1.54, 1.807) is 0 Å². The van der Waals surface area contributed by atoms with Crippen LogP contribution in [0, 0.1) is 0 Å². The van der Waals surface area contributed by atoms with E-state index < -0.39 is 11.8 Å². The van der Waals surface area contributed by atoms with Gasteiger partial charge in [0.25, 0.3) is 0 Å². The summed E-state index contributed by atoms with van der Waals surface area (Å²) in [7, 11) is 0. The van der Waals surface area contributed by atoms with Crippen LogP contribution in [0.3, 0.4) is 0 Å². The predicted molar refractivity (Wildman–Crippen MR) is 78.2 cm³/mol. The molecule has 0 atom stereocenters. The van der Waals surface area contributed by atoms with Crippen LogP contribution in [-0.2, 0) is 22.6 Å². The minimum Gasteiger partial charge on any atom is -0.489 e. The minimum absolute atomic E-state index is 0.0267. The maximum atomic E-state index is 11.2. The van der Waals surface area contributed by atoms with Crippen LogP contribution in [0.25, 0.3) is 0 Å². The van der Waals surface area contributed by atoms with Gasteiger partial charge < -0.3 is 9.84 Å². The molecule has 0 aromatic heterocycles. The summed E-state index contributed by atoms with van der Waals surface area (Å²) in [5, 5.41) is 8.60. The van der Waals surface area contributed by atoms with Gasteiger partial charge in [0.1, 0.15) is 12.4 Å². The lowest BCUT2D eigenvalue weighted by Crippen LogP contribution is -2.13. The number of rotatable bonds is 7. The minimum atomic E-state index is -1.39. The third-order valence-electron chi connectivity index (χ3n) is 3.07. The normalized spacial score (nSPS) is 10.1. The van der Waals surface area contributed by atoms with Crippen LogP contribution in [0.5, 0.6) is 5.75 Å². The van der Waals surface area contributed by atoms with Gasteiger partial charge in [0.05, 0.1) is 0 Å². The van der Waals surface area contributed by atoms with Gasteiger partial charge >= 0.3 is 5.97 Å². The summed E-state index contributed by atoms with van der Waals surface area (Å²) >= 11 is 0. The number of carbonyl (C=O) groups excluding carboxylic acids is 1. The molecule has 0 amide bonds. The predicted octanol–water partition coefficient (Wildman–Crippen LogP) is 2.85. The fraction of sp³-hybridized carbons (Fsp3) is 0.176. The Hall–Kier alpha value is -2.62. The van der Waals surface area contributed by atoms with Crippen LogP contribution in [0.1, 0.15) is 17.5 Å². The maximum absolute atomic E-state index is 11.2. The number of aryl methyl sites for hydroxylation is 1. The first-order chi connectivity index (χ1) is 10.2. The van der Waals surface area contributed by atoms with Crippen molar-refractivity contribution in [1.29, 1.82) is 0 Å². The van der Waals surface area contributed by atoms with Crippen LogP contribution < -0.4 is 4.74 Å². The zero-order chi connectivity index (χ0) is 15.1. The Kier molecular flexibility index (Phi) is 5.10. The fourth-order valence-corrected chi connectivity index (χ4v) is 1.94. The molecular formula is C17H16O4. The highest BCUT2D eigenvalue weighted by Crippen LogP contribution is 2.21. The SMILES string of the molecule is O=C(O)C(=O)CCc1ccccc1OCc1ccccc1. The number of aliphatic carboxylic acids is 1. The van der Waals surface area contributed by atoms with Gasteiger partial charge in [-0.15, -0.1) is 0 Å². The summed E-state index contributed by atoms with van der Waals surface area (Å²) in [6.07, 6.45) is 0.330. The van der Waals surface area contributed by atoms with Crippen molar-refractivity contribution in [3.05, 3.63) is 65.7 Å². The third kappa shape index (κ3) is 4.45. The molecule has 0 saturated carbocycles. The Bertz CT molecular complexity index is 620. The molecule has 0 aliphatic heterocycles. The molecule has 1 N–H and O–H groups in total. The van der Waals surface area contributed by atoms with Gasteiger partial charge in [-0.1, -0.05) is 48.5 Å². The van der Waals surface area contributed by atoms with E-state index in [9.17, 15) is 9.59 Å². The lowest BCUT2D eigenvalue weighted by molar-refractivity contribution is -0.149.